The van der Waals surface area contributed by atoms with E-state index in [0.29, 0.717) is 18.9 Å². The Morgan fingerprint density at radius 2 is 1.85 bits per heavy atom. The Hall–Kier alpha value is -1.59. The molecule has 0 fully saturated rings. The number of aliphatic hydroxyl groups excluding tert-OH is 1. The summed E-state index contributed by atoms with van der Waals surface area (Å²) in [6, 6.07) is 6.64. The average Bonchev–Trinajstić information content (AvgIpc) is 2.46. The molecule has 5 nitrogen and oxygen atoms in total. The van der Waals surface area contributed by atoms with Gasteiger partial charge in [-0.25, -0.2) is 4.79 Å². The Labute approximate surface area is 119 Å². The summed E-state index contributed by atoms with van der Waals surface area (Å²) in [5, 5.41) is 20.9. The third kappa shape index (κ3) is 6.54. The van der Waals surface area contributed by atoms with Crippen molar-refractivity contribution >= 4 is 5.97 Å². The molecule has 20 heavy (non-hydrogen) atoms. The van der Waals surface area contributed by atoms with Gasteiger partial charge in [0.05, 0.1) is 0 Å². The van der Waals surface area contributed by atoms with Gasteiger partial charge in [-0.1, -0.05) is 25.0 Å². The molecule has 0 saturated heterocycles. The van der Waals surface area contributed by atoms with Gasteiger partial charge in [0.25, 0.3) is 0 Å². The molecule has 0 aromatic heterocycles. The summed E-state index contributed by atoms with van der Waals surface area (Å²) in [5.41, 5.74) is 0.191. The smallest absolute Gasteiger partial charge is 0.339 e. The minimum absolute atomic E-state index is 0.191. The number of hydrogen-bond donors (Lipinski definition) is 3. The molecule has 0 aliphatic heterocycles. The van der Waals surface area contributed by atoms with Crippen LogP contribution in [0.3, 0.4) is 0 Å². The highest BCUT2D eigenvalue weighted by atomic mass is 16.5. The molecule has 0 atom stereocenters. The van der Waals surface area contributed by atoms with Crippen LogP contribution in [0.25, 0.3) is 0 Å². The molecule has 0 radical (unpaired) electrons. The zero-order valence-corrected chi connectivity index (χ0v) is 11.7. The molecular formula is C15H23NO4. The number of hydrogen-bond acceptors (Lipinski definition) is 4. The van der Waals surface area contributed by atoms with Gasteiger partial charge in [0.1, 0.15) is 17.9 Å². The number of carbonyl (C=O) groups is 1. The molecule has 5 heteroatoms. The number of aromatic carboxylic acids is 1. The Balaban J connectivity index is 2.11. The molecule has 3 N–H and O–H groups in total. The van der Waals surface area contributed by atoms with Gasteiger partial charge in [-0.05, 0) is 31.5 Å². The maximum absolute atomic E-state index is 11.0. The Bertz CT molecular complexity index is 395. The first-order chi connectivity index (χ1) is 9.75. The average molecular weight is 281 g/mol. The van der Waals surface area contributed by atoms with Crippen molar-refractivity contribution in [3.8, 4) is 5.75 Å². The topological polar surface area (TPSA) is 78.8 Å². The molecule has 0 amide bonds. The summed E-state index contributed by atoms with van der Waals surface area (Å²) in [6.07, 6.45) is 4.11. The van der Waals surface area contributed by atoms with Gasteiger partial charge in [0.15, 0.2) is 0 Å². The highest BCUT2D eigenvalue weighted by Crippen LogP contribution is 2.17. The molecule has 0 aliphatic rings. The number of benzene rings is 1. The standard InChI is InChI=1S/C15H23NO4/c17-11-6-2-1-5-9-16-10-12-20-14-8-4-3-7-13(14)15(18)19/h3-4,7-8,16-17H,1-2,5-6,9-12H2,(H,18,19). The van der Waals surface area contributed by atoms with Crippen molar-refractivity contribution in [3.63, 3.8) is 0 Å². The lowest BCUT2D eigenvalue weighted by atomic mass is 10.2. The number of aliphatic hydroxyl groups is 1. The summed E-state index contributed by atoms with van der Waals surface area (Å²) >= 11 is 0. The van der Waals surface area contributed by atoms with Gasteiger partial charge < -0.3 is 20.3 Å². The number of unbranched alkanes of at least 4 members (excludes halogenated alkanes) is 3. The quantitative estimate of drug-likeness (QED) is 0.540. The normalized spacial score (nSPS) is 10.4. The molecule has 1 aromatic rings. The van der Waals surface area contributed by atoms with Gasteiger partial charge in [-0.3, -0.25) is 0 Å². The van der Waals surface area contributed by atoms with Crippen molar-refractivity contribution in [1.29, 1.82) is 0 Å². The minimum atomic E-state index is -0.975. The molecule has 0 unspecified atom stereocenters. The first-order valence-electron chi connectivity index (χ1n) is 7.02. The van der Waals surface area contributed by atoms with Gasteiger partial charge in [-0.15, -0.1) is 0 Å². The maximum atomic E-state index is 11.0. The third-order valence-electron chi connectivity index (χ3n) is 2.92. The molecule has 0 bridgehead atoms. The van der Waals surface area contributed by atoms with Crippen LogP contribution >= 0.6 is 0 Å². The summed E-state index contributed by atoms with van der Waals surface area (Å²) in [6.45, 7) is 2.31. The van der Waals surface area contributed by atoms with Crippen LogP contribution in [-0.2, 0) is 0 Å². The zero-order chi connectivity index (χ0) is 14.6. The zero-order valence-electron chi connectivity index (χ0n) is 11.7. The second kappa shape index (κ2) is 10.2. The number of para-hydroxylation sites is 1. The van der Waals surface area contributed by atoms with Crippen LogP contribution in [0.4, 0.5) is 0 Å². The van der Waals surface area contributed by atoms with Crippen molar-refractivity contribution < 1.29 is 19.7 Å². The van der Waals surface area contributed by atoms with E-state index in [1.54, 1.807) is 18.2 Å². The van der Waals surface area contributed by atoms with E-state index in [-0.39, 0.29) is 12.2 Å². The first kappa shape index (κ1) is 16.5. The lowest BCUT2D eigenvalue weighted by Gasteiger charge is -2.09. The van der Waals surface area contributed by atoms with Crippen molar-refractivity contribution in [2.24, 2.45) is 0 Å². The second-order valence-corrected chi connectivity index (χ2v) is 4.54. The molecule has 0 spiro atoms. The Morgan fingerprint density at radius 3 is 2.60 bits per heavy atom. The molecule has 112 valence electrons. The third-order valence-corrected chi connectivity index (χ3v) is 2.92. The highest BCUT2D eigenvalue weighted by Gasteiger charge is 2.09. The number of carboxylic acids is 1. The second-order valence-electron chi connectivity index (χ2n) is 4.54. The molecule has 0 aliphatic carbocycles. The van der Waals surface area contributed by atoms with E-state index in [1.807, 2.05) is 0 Å². The Morgan fingerprint density at radius 1 is 1.10 bits per heavy atom. The van der Waals surface area contributed by atoms with E-state index >= 15 is 0 Å². The summed E-state index contributed by atoms with van der Waals surface area (Å²) in [5.74, 6) is -0.567. The monoisotopic (exact) mass is 281 g/mol. The summed E-state index contributed by atoms with van der Waals surface area (Å²) in [4.78, 5) is 11.0. The predicted molar refractivity (Wildman–Crippen MR) is 77.3 cm³/mol. The van der Waals surface area contributed by atoms with Crippen molar-refractivity contribution in [2.75, 3.05) is 26.3 Å². The summed E-state index contributed by atoms with van der Waals surface area (Å²) < 4.78 is 5.47. The van der Waals surface area contributed by atoms with E-state index in [2.05, 4.69) is 5.32 Å². The number of carboxylic acid groups (broad SMARTS) is 1. The van der Waals surface area contributed by atoms with Gasteiger partial charge >= 0.3 is 5.97 Å². The van der Waals surface area contributed by atoms with Crippen LogP contribution in [-0.4, -0.2) is 42.5 Å². The number of rotatable bonds is 11. The van der Waals surface area contributed by atoms with Gasteiger partial charge in [0, 0.05) is 13.2 Å². The van der Waals surface area contributed by atoms with E-state index < -0.39 is 5.97 Å². The minimum Gasteiger partial charge on any atom is -0.491 e. The highest BCUT2D eigenvalue weighted by molar-refractivity contribution is 5.90. The largest absolute Gasteiger partial charge is 0.491 e. The Kier molecular flexibility index (Phi) is 8.42. The predicted octanol–water partition coefficient (Wildman–Crippen LogP) is 1.91. The van der Waals surface area contributed by atoms with Crippen LogP contribution in [0.2, 0.25) is 0 Å². The molecule has 1 rings (SSSR count). The van der Waals surface area contributed by atoms with E-state index in [0.717, 1.165) is 32.2 Å². The van der Waals surface area contributed by atoms with Crippen LogP contribution in [0, 0.1) is 0 Å². The number of ether oxygens (including phenoxy) is 1. The van der Waals surface area contributed by atoms with Crippen LogP contribution in [0.15, 0.2) is 24.3 Å². The molecule has 0 saturated carbocycles. The first-order valence-corrected chi connectivity index (χ1v) is 7.02. The van der Waals surface area contributed by atoms with E-state index in [1.165, 1.54) is 6.07 Å². The molecule has 0 heterocycles. The SMILES string of the molecule is O=C(O)c1ccccc1OCCNCCCCCCO. The molecular weight excluding hydrogens is 258 g/mol. The summed E-state index contributed by atoms with van der Waals surface area (Å²) in [7, 11) is 0. The fraction of sp³-hybridized carbons (Fsp3) is 0.533. The van der Waals surface area contributed by atoms with Crippen LogP contribution in [0.1, 0.15) is 36.0 Å². The van der Waals surface area contributed by atoms with Crippen LogP contribution in [0.5, 0.6) is 5.75 Å². The lowest BCUT2D eigenvalue weighted by Crippen LogP contribution is -2.22. The lowest BCUT2D eigenvalue weighted by molar-refractivity contribution is 0.0692. The van der Waals surface area contributed by atoms with Crippen molar-refractivity contribution in [1.82, 2.24) is 5.32 Å². The fourth-order valence-corrected chi connectivity index (χ4v) is 1.84. The van der Waals surface area contributed by atoms with Crippen LogP contribution < -0.4 is 10.1 Å². The maximum Gasteiger partial charge on any atom is 0.339 e. The van der Waals surface area contributed by atoms with E-state index in [9.17, 15) is 4.79 Å². The molecule has 1 aromatic carbocycles. The fourth-order valence-electron chi connectivity index (χ4n) is 1.84. The van der Waals surface area contributed by atoms with Crippen molar-refractivity contribution in [2.45, 2.75) is 25.7 Å². The van der Waals surface area contributed by atoms with Crippen molar-refractivity contribution in [3.05, 3.63) is 29.8 Å². The van der Waals surface area contributed by atoms with Gasteiger partial charge in [-0.2, -0.15) is 0 Å². The van der Waals surface area contributed by atoms with Gasteiger partial charge in [0.2, 0.25) is 0 Å². The van der Waals surface area contributed by atoms with E-state index in [4.69, 9.17) is 14.9 Å². The number of nitrogens with one attached hydrogen (secondary N) is 1.